The molecule has 0 aliphatic rings. The summed E-state index contributed by atoms with van der Waals surface area (Å²) in [5.41, 5.74) is -1.34. The van der Waals surface area contributed by atoms with E-state index in [4.69, 9.17) is 9.47 Å². The lowest BCUT2D eigenvalue weighted by Gasteiger charge is -2.24. The Morgan fingerprint density at radius 2 is 1.41 bits per heavy atom. The first-order valence-electron chi connectivity index (χ1n) is 5.69. The molecule has 17 heavy (non-hydrogen) atoms. The maximum atomic E-state index is 11.3. The predicted molar refractivity (Wildman–Crippen MR) is 62.8 cm³/mol. The summed E-state index contributed by atoms with van der Waals surface area (Å²) in [7, 11) is 0. The fourth-order valence-electron chi connectivity index (χ4n) is 1.24. The first-order chi connectivity index (χ1) is 7.56. The van der Waals surface area contributed by atoms with Crippen molar-refractivity contribution in [3.63, 3.8) is 0 Å². The van der Waals surface area contributed by atoms with Crippen molar-refractivity contribution in [1.82, 2.24) is 0 Å². The van der Waals surface area contributed by atoms with Crippen molar-refractivity contribution in [2.45, 2.75) is 65.6 Å². The van der Waals surface area contributed by atoms with Crippen molar-refractivity contribution in [2.24, 2.45) is 0 Å². The minimum Gasteiger partial charge on any atom is -0.428 e. The summed E-state index contributed by atoms with van der Waals surface area (Å²) in [5, 5.41) is 0. The van der Waals surface area contributed by atoms with Gasteiger partial charge in [-0.05, 0) is 41.0 Å². The molecule has 0 bridgehead atoms. The van der Waals surface area contributed by atoms with Crippen molar-refractivity contribution in [2.75, 3.05) is 0 Å². The fraction of sp³-hybridized carbons (Fsp3) is 0.833. The van der Waals surface area contributed by atoms with Gasteiger partial charge in [0.05, 0.1) is 0 Å². The largest absolute Gasteiger partial charge is 0.519 e. The molecule has 100 valence electrons. The van der Waals surface area contributed by atoms with Crippen LogP contribution in [0.25, 0.3) is 0 Å². The van der Waals surface area contributed by atoms with Crippen LogP contribution in [0.15, 0.2) is 0 Å². The number of ether oxygens (including phenoxy) is 3. The van der Waals surface area contributed by atoms with Crippen molar-refractivity contribution in [3.05, 3.63) is 0 Å². The van der Waals surface area contributed by atoms with E-state index in [1.165, 1.54) is 0 Å². The van der Waals surface area contributed by atoms with E-state index in [9.17, 15) is 9.59 Å². The molecule has 0 saturated carbocycles. The average molecular weight is 246 g/mol. The zero-order valence-corrected chi connectivity index (χ0v) is 11.5. The first-order valence-corrected chi connectivity index (χ1v) is 5.69. The van der Waals surface area contributed by atoms with E-state index in [2.05, 4.69) is 4.74 Å². The summed E-state index contributed by atoms with van der Waals surface area (Å²) < 4.78 is 14.2. The Kier molecular flexibility index (Phi) is 5.45. The molecule has 5 heteroatoms. The van der Waals surface area contributed by atoms with Gasteiger partial charge in [0.1, 0.15) is 11.2 Å². The van der Waals surface area contributed by atoms with Gasteiger partial charge in [-0.3, -0.25) is 0 Å². The Balaban J connectivity index is 4.15. The van der Waals surface area contributed by atoms with Crippen molar-refractivity contribution >= 4 is 12.3 Å². The zero-order chi connectivity index (χ0) is 13.7. The van der Waals surface area contributed by atoms with Gasteiger partial charge in [0, 0.05) is 0 Å². The third kappa shape index (κ3) is 8.54. The van der Waals surface area contributed by atoms with E-state index in [-0.39, 0.29) is 0 Å². The van der Waals surface area contributed by atoms with Crippen molar-refractivity contribution < 1.29 is 23.8 Å². The Bertz CT molecular complexity index is 275. The highest BCUT2D eigenvalue weighted by molar-refractivity contribution is 5.77. The lowest BCUT2D eigenvalue weighted by atomic mass is 10.0. The smallest absolute Gasteiger partial charge is 0.428 e. The number of carbonyl (C=O) groups is 2. The second kappa shape index (κ2) is 5.89. The molecule has 0 radical (unpaired) electrons. The Labute approximate surface area is 102 Å². The van der Waals surface area contributed by atoms with Gasteiger partial charge in [-0.2, -0.15) is 0 Å². The molecule has 0 heterocycles. The van der Waals surface area contributed by atoms with Crippen LogP contribution >= 0.6 is 0 Å². The van der Waals surface area contributed by atoms with Gasteiger partial charge in [0.15, 0.2) is 0 Å². The molecule has 0 N–H and O–H groups in total. The molecule has 0 rings (SSSR count). The fourth-order valence-corrected chi connectivity index (χ4v) is 1.24. The van der Waals surface area contributed by atoms with Crippen LogP contribution < -0.4 is 0 Å². The summed E-state index contributed by atoms with van der Waals surface area (Å²) in [5.74, 6) is 0. The van der Waals surface area contributed by atoms with Crippen LogP contribution in [-0.4, -0.2) is 23.5 Å². The van der Waals surface area contributed by atoms with E-state index in [1.54, 1.807) is 34.6 Å². The summed E-state index contributed by atoms with van der Waals surface area (Å²) in [6.45, 7) is 10.5. The normalized spacial score (nSPS) is 11.9. The second-order valence-corrected chi connectivity index (χ2v) is 5.43. The molecular weight excluding hydrogens is 224 g/mol. The highest BCUT2D eigenvalue weighted by Crippen LogP contribution is 2.17. The number of hydrogen-bond donors (Lipinski definition) is 0. The van der Waals surface area contributed by atoms with Gasteiger partial charge in [0.2, 0.25) is 0 Å². The van der Waals surface area contributed by atoms with Gasteiger partial charge in [-0.15, -0.1) is 0 Å². The van der Waals surface area contributed by atoms with Crippen LogP contribution in [-0.2, 0) is 14.2 Å². The molecule has 0 fully saturated rings. The summed E-state index contributed by atoms with van der Waals surface area (Å²) in [6.07, 6.45) is -0.518. The quantitative estimate of drug-likeness (QED) is 0.561. The third-order valence-corrected chi connectivity index (χ3v) is 1.77. The van der Waals surface area contributed by atoms with Crippen LogP contribution in [0.3, 0.4) is 0 Å². The first kappa shape index (κ1) is 15.7. The van der Waals surface area contributed by atoms with Gasteiger partial charge < -0.3 is 14.2 Å². The molecule has 0 aliphatic carbocycles. The molecule has 0 amide bonds. The monoisotopic (exact) mass is 246 g/mol. The van der Waals surface area contributed by atoms with E-state index in [0.29, 0.717) is 6.42 Å². The highest BCUT2D eigenvalue weighted by atomic mass is 16.8. The van der Waals surface area contributed by atoms with Gasteiger partial charge in [0.25, 0.3) is 0 Å². The van der Waals surface area contributed by atoms with Crippen LogP contribution in [0.5, 0.6) is 0 Å². The predicted octanol–water partition coefficient (Wildman–Crippen LogP) is 3.65. The van der Waals surface area contributed by atoms with E-state index < -0.39 is 23.5 Å². The van der Waals surface area contributed by atoms with Crippen LogP contribution in [0.1, 0.15) is 54.4 Å². The highest BCUT2D eigenvalue weighted by Gasteiger charge is 2.26. The molecule has 0 aromatic rings. The third-order valence-electron chi connectivity index (χ3n) is 1.77. The molecular formula is C12H22O5. The summed E-state index contributed by atoms with van der Waals surface area (Å²) in [6, 6.07) is 0. The lowest BCUT2D eigenvalue weighted by Crippen LogP contribution is -2.31. The van der Waals surface area contributed by atoms with Crippen LogP contribution in [0, 0.1) is 0 Å². The van der Waals surface area contributed by atoms with E-state index in [1.807, 2.05) is 6.92 Å². The maximum Gasteiger partial charge on any atom is 0.519 e. The van der Waals surface area contributed by atoms with Crippen LogP contribution in [0.4, 0.5) is 9.59 Å². The Morgan fingerprint density at radius 3 is 1.82 bits per heavy atom. The molecule has 0 atom stereocenters. The van der Waals surface area contributed by atoms with E-state index in [0.717, 1.165) is 6.42 Å². The zero-order valence-electron chi connectivity index (χ0n) is 11.5. The second-order valence-electron chi connectivity index (χ2n) is 5.43. The van der Waals surface area contributed by atoms with Gasteiger partial charge >= 0.3 is 12.3 Å². The molecule has 5 nitrogen and oxygen atoms in total. The molecule has 0 saturated heterocycles. The molecule has 0 aromatic carbocycles. The standard InChI is InChI=1S/C12H22O5/c1-7-8-12(5,6)17-10(14)15-9(13)16-11(2,3)4/h7-8H2,1-6H3. The Hall–Kier alpha value is -1.26. The van der Waals surface area contributed by atoms with Gasteiger partial charge in [-0.25, -0.2) is 9.59 Å². The SMILES string of the molecule is CCCC(C)(C)OC(=O)OC(=O)OC(C)(C)C. The van der Waals surface area contributed by atoms with Gasteiger partial charge in [-0.1, -0.05) is 13.3 Å². The van der Waals surface area contributed by atoms with Crippen LogP contribution in [0.2, 0.25) is 0 Å². The molecule has 0 unspecified atom stereocenters. The lowest BCUT2D eigenvalue weighted by molar-refractivity contribution is -0.0365. The minimum atomic E-state index is -1.05. The van der Waals surface area contributed by atoms with Crippen molar-refractivity contribution in [3.8, 4) is 0 Å². The number of hydrogen-bond acceptors (Lipinski definition) is 5. The molecule has 0 aromatic heterocycles. The molecule has 0 spiro atoms. The topological polar surface area (TPSA) is 61.8 Å². The molecule has 0 aliphatic heterocycles. The van der Waals surface area contributed by atoms with E-state index >= 15 is 0 Å². The average Bonchev–Trinajstić information content (AvgIpc) is 1.96. The van der Waals surface area contributed by atoms with Crippen molar-refractivity contribution in [1.29, 1.82) is 0 Å². The Morgan fingerprint density at radius 1 is 0.941 bits per heavy atom. The minimum absolute atomic E-state index is 0.645. The summed E-state index contributed by atoms with van der Waals surface area (Å²) in [4.78, 5) is 22.5. The summed E-state index contributed by atoms with van der Waals surface area (Å²) >= 11 is 0. The number of rotatable bonds is 3. The maximum absolute atomic E-state index is 11.3. The number of carbonyl (C=O) groups excluding carboxylic acids is 2.